The Morgan fingerprint density at radius 3 is 2.79 bits per heavy atom. The van der Waals surface area contributed by atoms with Gasteiger partial charge in [0.15, 0.2) is 0 Å². The molecule has 1 saturated carbocycles. The highest BCUT2D eigenvalue weighted by molar-refractivity contribution is 5.80. The summed E-state index contributed by atoms with van der Waals surface area (Å²) < 4.78 is 5.32. The summed E-state index contributed by atoms with van der Waals surface area (Å²) in [5.41, 5.74) is 0.112. The van der Waals surface area contributed by atoms with Crippen LogP contribution in [0.3, 0.4) is 0 Å². The van der Waals surface area contributed by atoms with E-state index in [1.807, 2.05) is 0 Å². The molecule has 0 aromatic carbocycles. The normalized spacial score (nSPS) is 37.3. The van der Waals surface area contributed by atoms with Gasteiger partial charge in [-0.15, -0.1) is 0 Å². The topological polar surface area (TPSA) is 38.3 Å². The molecule has 3 nitrogen and oxygen atoms in total. The van der Waals surface area contributed by atoms with E-state index < -0.39 is 0 Å². The highest BCUT2D eigenvalue weighted by Crippen LogP contribution is 2.52. The summed E-state index contributed by atoms with van der Waals surface area (Å²) in [4.78, 5) is 11.5. The first kappa shape index (κ1) is 9.97. The smallest absolute Gasteiger partial charge is 0.220 e. The Morgan fingerprint density at radius 1 is 1.57 bits per heavy atom. The second kappa shape index (κ2) is 3.54. The van der Waals surface area contributed by atoms with Gasteiger partial charge < -0.3 is 10.1 Å². The minimum atomic E-state index is 0.112. The standard InChI is InChI=1S/C11H19NO2/c1-3-9-11(7-14-2,8-4-5-8)6-10(13)12-9/h8-9H,3-7H2,1-2H3,(H,12,13). The second-order valence-electron chi connectivity index (χ2n) is 4.65. The summed E-state index contributed by atoms with van der Waals surface area (Å²) in [5.74, 6) is 0.923. The van der Waals surface area contributed by atoms with Gasteiger partial charge in [-0.25, -0.2) is 0 Å². The maximum Gasteiger partial charge on any atom is 0.220 e. The van der Waals surface area contributed by atoms with Crippen molar-refractivity contribution in [3.05, 3.63) is 0 Å². The molecule has 0 aromatic heterocycles. The lowest BCUT2D eigenvalue weighted by molar-refractivity contribution is -0.120. The molecule has 1 aliphatic carbocycles. The molecule has 1 amide bonds. The van der Waals surface area contributed by atoms with Crippen LogP contribution in [0.4, 0.5) is 0 Å². The molecule has 1 aliphatic heterocycles. The molecule has 0 aromatic rings. The van der Waals surface area contributed by atoms with Gasteiger partial charge in [0.25, 0.3) is 0 Å². The number of carbonyl (C=O) groups is 1. The van der Waals surface area contributed by atoms with Crippen LogP contribution in [-0.2, 0) is 9.53 Å². The summed E-state index contributed by atoms with van der Waals surface area (Å²) in [6.45, 7) is 2.87. The fourth-order valence-corrected chi connectivity index (χ4v) is 2.95. The zero-order chi connectivity index (χ0) is 10.2. The third-order valence-corrected chi connectivity index (χ3v) is 3.73. The first-order valence-corrected chi connectivity index (χ1v) is 5.51. The van der Waals surface area contributed by atoms with Crippen LogP contribution >= 0.6 is 0 Å². The van der Waals surface area contributed by atoms with Gasteiger partial charge in [-0.3, -0.25) is 4.79 Å². The first-order valence-electron chi connectivity index (χ1n) is 5.51. The van der Waals surface area contributed by atoms with Gasteiger partial charge in [0, 0.05) is 25.0 Å². The van der Waals surface area contributed by atoms with Crippen LogP contribution in [0.15, 0.2) is 0 Å². The number of methoxy groups -OCH3 is 1. The Balaban J connectivity index is 2.18. The third kappa shape index (κ3) is 1.44. The van der Waals surface area contributed by atoms with Crippen LogP contribution in [0.2, 0.25) is 0 Å². The fraction of sp³-hybridized carbons (Fsp3) is 0.909. The maximum absolute atomic E-state index is 11.5. The van der Waals surface area contributed by atoms with Crippen molar-refractivity contribution in [3.8, 4) is 0 Å². The molecule has 0 bridgehead atoms. The van der Waals surface area contributed by atoms with Crippen molar-refractivity contribution in [2.45, 2.75) is 38.6 Å². The molecule has 80 valence electrons. The fourth-order valence-electron chi connectivity index (χ4n) is 2.95. The summed E-state index contributed by atoms with van der Waals surface area (Å²) >= 11 is 0. The molecule has 2 rings (SSSR count). The molecule has 2 unspecified atom stereocenters. The van der Waals surface area contributed by atoms with Gasteiger partial charge in [0.2, 0.25) is 5.91 Å². The van der Waals surface area contributed by atoms with Crippen LogP contribution in [0.5, 0.6) is 0 Å². The SMILES string of the molecule is CCC1NC(=O)CC1(COC)C1CC1. The Morgan fingerprint density at radius 2 is 2.29 bits per heavy atom. The summed E-state index contributed by atoms with van der Waals surface area (Å²) in [5, 5.41) is 3.08. The van der Waals surface area contributed by atoms with Gasteiger partial charge in [0.1, 0.15) is 0 Å². The predicted octanol–water partition coefficient (Wildman–Crippen LogP) is 1.33. The molecule has 2 aliphatic rings. The van der Waals surface area contributed by atoms with Gasteiger partial charge in [0.05, 0.1) is 6.61 Å². The third-order valence-electron chi connectivity index (χ3n) is 3.73. The number of nitrogens with one attached hydrogen (secondary N) is 1. The lowest BCUT2D eigenvalue weighted by Gasteiger charge is -2.33. The maximum atomic E-state index is 11.5. The van der Waals surface area contributed by atoms with Crippen LogP contribution in [0, 0.1) is 11.3 Å². The van der Waals surface area contributed by atoms with Gasteiger partial charge in [-0.2, -0.15) is 0 Å². The molecular formula is C11H19NO2. The number of rotatable bonds is 4. The minimum absolute atomic E-state index is 0.112. The summed E-state index contributed by atoms with van der Waals surface area (Å²) in [7, 11) is 1.74. The number of amides is 1. The zero-order valence-corrected chi connectivity index (χ0v) is 9.01. The van der Waals surface area contributed by atoms with Gasteiger partial charge in [-0.05, 0) is 25.2 Å². The van der Waals surface area contributed by atoms with E-state index in [-0.39, 0.29) is 11.3 Å². The van der Waals surface area contributed by atoms with Crippen molar-refractivity contribution in [3.63, 3.8) is 0 Å². The Hall–Kier alpha value is -0.570. The lowest BCUT2D eigenvalue weighted by Crippen LogP contribution is -2.41. The van der Waals surface area contributed by atoms with E-state index in [9.17, 15) is 4.79 Å². The molecule has 1 heterocycles. The van der Waals surface area contributed by atoms with Crippen LogP contribution in [0.1, 0.15) is 32.6 Å². The molecule has 2 fully saturated rings. The molecule has 0 spiro atoms. The molecule has 3 heteroatoms. The summed E-state index contributed by atoms with van der Waals surface area (Å²) in [6.07, 6.45) is 4.24. The zero-order valence-electron chi connectivity index (χ0n) is 9.01. The predicted molar refractivity (Wildman–Crippen MR) is 53.9 cm³/mol. The largest absolute Gasteiger partial charge is 0.384 e. The molecule has 2 atom stereocenters. The number of hydrogen-bond donors (Lipinski definition) is 1. The number of ether oxygens (including phenoxy) is 1. The molecule has 1 saturated heterocycles. The van der Waals surface area contributed by atoms with Crippen LogP contribution < -0.4 is 5.32 Å². The van der Waals surface area contributed by atoms with E-state index in [1.54, 1.807) is 7.11 Å². The van der Waals surface area contributed by atoms with Crippen molar-refractivity contribution >= 4 is 5.91 Å². The monoisotopic (exact) mass is 197 g/mol. The molecular weight excluding hydrogens is 178 g/mol. The van der Waals surface area contributed by atoms with Crippen molar-refractivity contribution in [1.29, 1.82) is 0 Å². The Bertz CT molecular complexity index is 237. The van der Waals surface area contributed by atoms with Crippen LogP contribution in [-0.4, -0.2) is 25.7 Å². The highest BCUT2D eigenvalue weighted by Gasteiger charge is 2.54. The lowest BCUT2D eigenvalue weighted by atomic mass is 9.75. The first-order chi connectivity index (χ1) is 6.73. The number of hydrogen-bond acceptors (Lipinski definition) is 2. The average molecular weight is 197 g/mol. The Kier molecular flexibility index (Phi) is 2.52. The molecule has 0 radical (unpaired) electrons. The van der Waals surface area contributed by atoms with E-state index in [0.717, 1.165) is 13.0 Å². The van der Waals surface area contributed by atoms with E-state index >= 15 is 0 Å². The molecule has 14 heavy (non-hydrogen) atoms. The van der Waals surface area contributed by atoms with Crippen LogP contribution in [0.25, 0.3) is 0 Å². The van der Waals surface area contributed by atoms with E-state index in [4.69, 9.17) is 4.74 Å². The number of carbonyl (C=O) groups excluding carboxylic acids is 1. The van der Waals surface area contributed by atoms with E-state index in [2.05, 4.69) is 12.2 Å². The van der Waals surface area contributed by atoms with Gasteiger partial charge in [-0.1, -0.05) is 6.92 Å². The quantitative estimate of drug-likeness (QED) is 0.738. The van der Waals surface area contributed by atoms with Crippen molar-refractivity contribution in [2.75, 3.05) is 13.7 Å². The summed E-state index contributed by atoms with van der Waals surface area (Å²) in [6, 6.07) is 0.336. The minimum Gasteiger partial charge on any atom is -0.384 e. The van der Waals surface area contributed by atoms with E-state index in [1.165, 1.54) is 12.8 Å². The van der Waals surface area contributed by atoms with Crippen molar-refractivity contribution in [2.24, 2.45) is 11.3 Å². The highest BCUT2D eigenvalue weighted by atomic mass is 16.5. The van der Waals surface area contributed by atoms with Crippen molar-refractivity contribution < 1.29 is 9.53 Å². The van der Waals surface area contributed by atoms with Gasteiger partial charge >= 0.3 is 0 Å². The molecule has 1 N–H and O–H groups in total. The average Bonchev–Trinajstić information content (AvgIpc) is 2.93. The van der Waals surface area contributed by atoms with E-state index in [0.29, 0.717) is 18.4 Å². The Labute approximate surface area is 85.2 Å². The van der Waals surface area contributed by atoms with Crippen molar-refractivity contribution in [1.82, 2.24) is 5.32 Å². The second-order valence-corrected chi connectivity index (χ2v) is 4.65.